The molecule has 1 aliphatic carbocycles. The molecule has 1 heterocycles. The van der Waals surface area contributed by atoms with E-state index in [9.17, 15) is 14.7 Å². The summed E-state index contributed by atoms with van der Waals surface area (Å²) >= 11 is 0. The maximum absolute atomic E-state index is 13.3. The van der Waals surface area contributed by atoms with E-state index in [-0.39, 0.29) is 12.5 Å². The molecule has 186 valence electrons. The second-order valence-electron chi connectivity index (χ2n) is 9.41. The molecule has 2 amide bonds. The SMILES string of the molecule is COc1cccc(-c2cc(C(N)=O)c3c(c2)-c2ccc(C(=O)N4CCCN(CCO)CC4)cc2C3)c1. The summed E-state index contributed by atoms with van der Waals surface area (Å²) < 4.78 is 5.37. The Balaban J connectivity index is 1.46. The van der Waals surface area contributed by atoms with E-state index in [0.717, 1.165) is 58.6 Å². The maximum Gasteiger partial charge on any atom is 0.253 e. The van der Waals surface area contributed by atoms with E-state index in [4.69, 9.17) is 10.5 Å². The van der Waals surface area contributed by atoms with Gasteiger partial charge in [-0.05, 0) is 89.2 Å². The molecule has 1 saturated heterocycles. The number of methoxy groups -OCH3 is 1. The third-order valence-corrected chi connectivity index (χ3v) is 7.22. The molecule has 3 aromatic carbocycles. The van der Waals surface area contributed by atoms with Crippen molar-refractivity contribution in [3.8, 4) is 28.0 Å². The van der Waals surface area contributed by atoms with Crippen molar-refractivity contribution in [2.45, 2.75) is 12.8 Å². The van der Waals surface area contributed by atoms with Crippen molar-refractivity contribution < 1.29 is 19.4 Å². The first-order valence-corrected chi connectivity index (χ1v) is 12.4. The van der Waals surface area contributed by atoms with Crippen LogP contribution in [0.25, 0.3) is 22.3 Å². The van der Waals surface area contributed by atoms with Gasteiger partial charge in [0.05, 0.1) is 13.7 Å². The molecule has 7 heteroatoms. The number of aliphatic hydroxyl groups is 1. The molecule has 0 saturated carbocycles. The molecular weight excluding hydrogens is 454 g/mol. The number of hydrogen-bond acceptors (Lipinski definition) is 5. The lowest BCUT2D eigenvalue weighted by molar-refractivity contribution is 0.0760. The Hall–Kier alpha value is -3.68. The number of fused-ring (bicyclic) bond motifs is 3. The molecule has 1 fully saturated rings. The average Bonchev–Trinajstić information content (AvgIpc) is 3.10. The third-order valence-electron chi connectivity index (χ3n) is 7.22. The van der Waals surface area contributed by atoms with Crippen molar-refractivity contribution in [1.29, 1.82) is 0 Å². The van der Waals surface area contributed by atoms with Gasteiger partial charge in [-0.1, -0.05) is 18.2 Å². The predicted molar refractivity (Wildman–Crippen MR) is 139 cm³/mol. The van der Waals surface area contributed by atoms with E-state index in [0.29, 0.717) is 37.2 Å². The normalized spacial score (nSPS) is 15.2. The van der Waals surface area contributed by atoms with Gasteiger partial charge in [0.2, 0.25) is 5.91 Å². The number of carbonyl (C=O) groups is 2. The zero-order valence-electron chi connectivity index (χ0n) is 20.5. The quantitative estimate of drug-likeness (QED) is 0.437. The molecule has 1 aliphatic heterocycles. The summed E-state index contributed by atoms with van der Waals surface area (Å²) in [4.78, 5) is 29.9. The lowest BCUT2D eigenvalue weighted by Gasteiger charge is -2.22. The zero-order chi connectivity index (χ0) is 25.2. The van der Waals surface area contributed by atoms with Crippen LogP contribution in [0, 0.1) is 0 Å². The summed E-state index contributed by atoms with van der Waals surface area (Å²) in [6, 6.07) is 17.5. The topological polar surface area (TPSA) is 96.1 Å². The fraction of sp³-hybridized carbons (Fsp3) is 0.310. The van der Waals surface area contributed by atoms with Crippen LogP contribution < -0.4 is 10.5 Å². The third kappa shape index (κ3) is 4.59. The summed E-state index contributed by atoms with van der Waals surface area (Å²) in [7, 11) is 1.63. The number of amides is 2. The van der Waals surface area contributed by atoms with Gasteiger partial charge in [0.1, 0.15) is 5.75 Å². The number of hydrogen-bond donors (Lipinski definition) is 2. The van der Waals surface area contributed by atoms with E-state index in [1.807, 2.05) is 53.4 Å². The van der Waals surface area contributed by atoms with Crippen LogP contribution in [0.15, 0.2) is 54.6 Å². The van der Waals surface area contributed by atoms with Crippen LogP contribution in [0.1, 0.15) is 38.3 Å². The summed E-state index contributed by atoms with van der Waals surface area (Å²) in [6.07, 6.45) is 1.45. The van der Waals surface area contributed by atoms with Crippen molar-refractivity contribution in [3.05, 3.63) is 76.9 Å². The number of primary amides is 1. The van der Waals surface area contributed by atoms with Gasteiger partial charge in [-0.3, -0.25) is 14.5 Å². The molecule has 0 bridgehead atoms. The Morgan fingerprint density at radius 3 is 2.61 bits per heavy atom. The minimum absolute atomic E-state index is 0.0202. The van der Waals surface area contributed by atoms with Gasteiger partial charge in [-0.2, -0.15) is 0 Å². The molecule has 2 aliphatic rings. The average molecular weight is 486 g/mol. The summed E-state index contributed by atoms with van der Waals surface area (Å²) in [5.41, 5.74) is 12.7. The van der Waals surface area contributed by atoms with Gasteiger partial charge in [0.25, 0.3) is 5.91 Å². The monoisotopic (exact) mass is 485 g/mol. The number of rotatable bonds is 6. The largest absolute Gasteiger partial charge is 0.497 e. The number of nitrogens with zero attached hydrogens (tertiary/aromatic N) is 2. The first kappa shape index (κ1) is 24.0. The van der Waals surface area contributed by atoms with E-state index in [2.05, 4.69) is 11.0 Å². The summed E-state index contributed by atoms with van der Waals surface area (Å²) in [5, 5.41) is 9.23. The highest BCUT2D eigenvalue weighted by Gasteiger charge is 2.27. The van der Waals surface area contributed by atoms with Gasteiger partial charge in [-0.15, -0.1) is 0 Å². The Morgan fingerprint density at radius 1 is 0.972 bits per heavy atom. The van der Waals surface area contributed by atoms with Crippen molar-refractivity contribution >= 4 is 11.8 Å². The van der Waals surface area contributed by atoms with Crippen molar-refractivity contribution in [3.63, 3.8) is 0 Å². The Kier molecular flexibility index (Phi) is 6.76. The molecule has 7 nitrogen and oxygen atoms in total. The van der Waals surface area contributed by atoms with Gasteiger partial charge >= 0.3 is 0 Å². The number of benzene rings is 3. The fourth-order valence-electron chi connectivity index (χ4n) is 5.34. The van der Waals surface area contributed by atoms with Crippen LogP contribution in [0.5, 0.6) is 5.75 Å². The van der Waals surface area contributed by atoms with Crippen LogP contribution in [-0.2, 0) is 6.42 Å². The molecule has 0 unspecified atom stereocenters. The number of ether oxygens (including phenoxy) is 1. The molecule has 36 heavy (non-hydrogen) atoms. The van der Waals surface area contributed by atoms with Gasteiger partial charge in [0, 0.05) is 37.3 Å². The van der Waals surface area contributed by atoms with Crippen molar-refractivity contribution in [1.82, 2.24) is 9.80 Å². The Bertz CT molecular complexity index is 1320. The van der Waals surface area contributed by atoms with E-state index in [1.165, 1.54) is 0 Å². The standard InChI is InChI=1S/C29H31N3O4/c1-36-23-5-2-4-19(15-23)21-16-25-24-7-6-20(14-22(24)18-26(25)27(17-21)28(30)34)29(35)32-9-3-8-31(10-11-32)12-13-33/h2,4-7,14-17,33H,3,8-13,18H2,1H3,(H2,30,34). The molecule has 3 aromatic rings. The molecule has 0 radical (unpaired) electrons. The second kappa shape index (κ2) is 10.1. The molecule has 0 atom stereocenters. The highest BCUT2D eigenvalue weighted by molar-refractivity contribution is 6.01. The number of carbonyl (C=O) groups excluding carboxylic acids is 2. The van der Waals surface area contributed by atoms with Crippen molar-refractivity contribution in [2.24, 2.45) is 5.73 Å². The van der Waals surface area contributed by atoms with Crippen LogP contribution in [-0.4, -0.2) is 73.2 Å². The Morgan fingerprint density at radius 2 is 1.83 bits per heavy atom. The van der Waals surface area contributed by atoms with Crippen LogP contribution in [0.3, 0.4) is 0 Å². The molecule has 0 spiro atoms. The minimum Gasteiger partial charge on any atom is -0.497 e. The van der Waals surface area contributed by atoms with Crippen molar-refractivity contribution in [2.75, 3.05) is 46.4 Å². The predicted octanol–water partition coefficient (Wildman–Crippen LogP) is 3.17. The van der Waals surface area contributed by atoms with Gasteiger partial charge < -0.3 is 20.5 Å². The maximum atomic E-state index is 13.3. The first-order chi connectivity index (χ1) is 17.5. The van der Waals surface area contributed by atoms with Crippen LogP contribution in [0.2, 0.25) is 0 Å². The summed E-state index contributed by atoms with van der Waals surface area (Å²) in [6.45, 7) is 3.76. The van der Waals surface area contributed by atoms with E-state index in [1.54, 1.807) is 7.11 Å². The summed E-state index contributed by atoms with van der Waals surface area (Å²) in [5.74, 6) is 0.300. The van der Waals surface area contributed by atoms with E-state index < -0.39 is 5.91 Å². The van der Waals surface area contributed by atoms with Crippen LogP contribution in [0.4, 0.5) is 0 Å². The minimum atomic E-state index is -0.461. The zero-order valence-corrected chi connectivity index (χ0v) is 20.5. The fourth-order valence-corrected chi connectivity index (χ4v) is 5.34. The number of nitrogens with two attached hydrogens (primary N) is 1. The molecule has 0 aromatic heterocycles. The second-order valence-corrected chi connectivity index (χ2v) is 9.41. The first-order valence-electron chi connectivity index (χ1n) is 12.4. The highest BCUT2D eigenvalue weighted by atomic mass is 16.5. The lowest BCUT2D eigenvalue weighted by atomic mass is 9.94. The van der Waals surface area contributed by atoms with E-state index >= 15 is 0 Å². The smallest absolute Gasteiger partial charge is 0.253 e. The molecule has 5 rings (SSSR count). The number of β-amino-alcohol motifs (C(OH)–C–C–N with tert-alkyl or cyclic N) is 1. The number of aliphatic hydroxyl groups excluding tert-OH is 1. The lowest BCUT2D eigenvalue weighted by Crippen LogP contribution is -2.35. The van der Waals surface area contributed by atoms with Gasteiger partial charge in [-0.25, -0.2) is 0 Å². The van der Waals surface area contributed by atoms with Crippen LogP contribution >= 0.6 is 0 Å². The highest BCUT2D eigenvalue weighted by Crippen LogP contribution is 2.42. The van der Waals surface area contributed by atoms with Gasteiger partial charge in [0.15, 0.2) is 0 Å². The molecule has 3 N–H and O–H groups in total. The Labute approximate surface area is 211 Å². The molecular formula is C29H31N3O4.